The Labute approximate surface area is 95.0 Å². The van der Waals surface area contributed by atoms with E-state index in [4.69, 9.17) is 5.73 Å². The van der Waals surface area contributed by atoms with Crippen LogP contribution in [0.25, 0.3) is 0 Å². The summed E-state index contributed by atoms with van der Waals surface area (Å²) in [5.41, 5.74) is 5.88. The molecule has 15 heavy (non-hydrogen) atoms. The van der Waals surface area contributed by atoms with Crippen molar-refractivity contribution in [2.45, 2.75) is 70.9 Å². The molecule has 1 aliphatic rings. The normalized spacial score (nSPS) is 27.2. The fourth-order valence-electron chi connectivity index (χ4n) is 2.31. The zero-order valence-electron chi connectivity index (χ0n) is 10.5. The van der Waals surface area contributed by atoms with Crippen molar-refractivity contribution in [3.05, 3.63) is 0 Å². The van der Waals surface area contributed by atoms with Crippen molar-refractivity contribution in [2.75, 3.05) is 6.54 Å². The van der Waals surface area contributed by atoms with Crippen LogP contribution < -0.4 is 11.1 Å². The summed E-state index contributed by atoms with van der Waals surface area (Å²) in [5, 5.41) is 3.66. The molecule has 0 unspecified atom stereocenters. The molecule has 1 aliphatic carbocycles. The molecule has 2 heteroatoms. The standard InChI is InChI=1S/C13H28N2/c1-11(2)5-3-4-10-15-13-8-6-12(14)7-9-13/h11-13,15H,3-10,14H2,1-2H3. The first kappa shape index (κ1) is 13.0. The van der Waals surface area contributed by atoms with Gasteiger partial charge in [0.05, 0.1) is 0 Å². The van der Waals surface area contributed by atoms with E-state index in [1.807, 2.05) is 0 Å². The number of nitrogens with two attached hydrogens (primary N) is 1. The first-order chi connectivity index (χ1) is 7.18. The van der Waals surface area contributed by atoms with Gasteiger partial charge in [-0.3, -0.25) is 0 Å². The van der Waals surface area contributed by atoms with Crippen LogP contribution in [0.2, 0.25) is 0 Å². The molecular formula is C13H28N2. The number of hydrogen-bond acceptors (Lipinski definition) is 2. The van der Waals surface area contributed by atoms with Gasteiger partial charge >= 0.3 is 0 Å². The lowest BCUT2D eigenvalue weighted by Crippen LogP contribution is -2.37. The summed E-state index contributed by atoms with van der Waals surface area (Å²) in [6, 6.07) is 1.23. The average molecular weight is 212 g/mol. The molecule has 0 aromatic carbocycles. The predicted molar refractivity (Wildman–Crippen MR) is 66.9 cm³/mol. The van der Waals surface area contributed by atoms with Gasteiger partial charge in [0.25, 0.3) is 0 Å². The second-order valence-electron chi connectivity index (χ2n) is 5.46. The Hall–Kier alpha value is -0.0800. The fourth-order valence-corrected chi connectivity index (χ4v) is 2.31. The van der Waals surface area contributed by atoms with Crippen LogP contribution >= 0.6 is 0 Å². The monoisotopic (exact) mass is 212 g/mol. The van der Waals surface area contributed by atoms with E-state index in [-0.39, 0.29) is 0 Å². The lowest BCUT2D eigenvalue weighted by Gasteiger charge is -2.26. The van der Waals surface area contributed by atoms with Crippen LogP contribution in [-0.4, -0.2) is 18.6 Å². The minimum atomic E-state index is 0.476. The van der Waals surface area contributed by atoms with Crippen LogP contribution in [0.5, 0.6) is 0 Å². The van der Waals surface area contributed by atoms with Gasteiger partial charge in [0.1, 0.15) is 0 Å². The van der Waals surface area contributed by atoms with Crippen LogP contribution in [0.1, 0.15) is 58.8 Å². The maximum Gasteiger partial charge on any atom is 0.00682 e. The van der Waals surface area contributed by atoms with E-state index in [1.54, 1.807) is 0 Å². The van der Waals surface area contributed by atoms with Gasteiger partial charge < -0.3 is 11.1 Å². The molecule has 2 nitrogen and oxygen atoms in total. The third-order valence-electron chi connectivity index (χ3n) is 3.41. The van der Waals surface area contributed by atoms with Crippen molar-refractivity contribution in [1.82, 2.24) is 5.32 Å². The van der Waals surface area contributed by atoms with Gasteiger partial charge in [0, 0.05) is 12.1 Å². The highest BCUT2D eigenvalue weighted by molar-refractivity contribution is 4.78. The molecule has 0 aromatic heterocycles. The van der Waals surface area contributed by atoms with Gasteiger partial charge in [-0.05, 0) is 44.6 Å². The SMILES string of the molecule is CC(C)CCCCNC1CCC(N)CC1. The topological polar surface area (TPSA) is 38.0 Å². The number of nitrogens with one attached hydrogen (secondary N) is 1. The quantitative estimate of drug-likeness (QED) is 0.664. The molecule has 0 bridgehead atoms. The van der Waals surface area contributed by atoms with Gasteiger partial charge in [-0.25, -0.2) is 0 Å². The maximum atomic E-state index is 5.88. The molecule has 3 N–H and O–H groups in total. The Morgan fingerprint density at radius 3 is 2.40 bits per heavy atom. The molecular weight excluding hydrogens is 184 g/mol. The van der Waals surface area contributed by atoms with Crippen LogP contribution in [0.4, 0.5) is 0 Å². The van der Waals surface area contributed by atoms with E-state index < -0.39 is 0 Å². The van der Waals surface area contributed by atoms with Crippen LogP contribution in [0.3, 0.4) is 0 Å². The van der Waals surface area contributed by atoms with Gasteiger partial charge in [-0.1, -0.05) is 26.7 Å². The highest BCUT2D eigenvalue weighted by atomic mass is 14.9. The minimum absolute atomic E-state index is 0.476. The second-order valence-corrected chi connectivity index (χ2v) is 5.46. The summed E-state index contributed by atoms with van der Waals surface area (Å²) in [7, 11) is 0. The van der Waals surface area contributed by atoms with E-state index in [9.17, 15) is 0 Å². The van der Waals surface area contributed by atoms with Crippen molar-refractivity contribution >= 4 is 0 Å². The van der Waals surface area contributed by atoms with E-state index in [0.29, 0.717) is 6.04 Å². The summed E-state index contributed by atoms with van der Waals surface area (Å²) in [4.78, 5) is 0. The Morgan fingerprint density at radius 1 is 1.13 bits per heavy atom. The molecule has 0 heterocycles. The fraction of sp³-hybridized carbons (Fsp3) is 1.00. The molecule has 0 atom stereocenters. The maximum absolute atomic E-state index is 5.88. The lowest BCUT2D eigenvalue weighted by molar-refractivity contribution is 0.339. The highest BCUT2D eigenvalue weighted by Gasteiger charge is 2.17. The average Bonchev–Trinajstić information content (AvgIpc) is 2.20. The van der Waals surface area contributed by atoms with Crippen LogP contribution in [0.15, 0.2) is 0 Å². The number of rotatable bonds is 6. The van der Waals surface area contributed by atoms with Gasteiger partial charge in [-0.2, -0.15) is 0 Å². The largest absolute Gasteiger partial charge is 0.328 e. The van der Waals surface area contributed by atoms with Gasteiger partial charge in [0.15, 0.2) is 0 Å². The van der Waals surface area contributed by atoms with Gasteiger partial charge in [0.2, 0.25) is 0 Å². The Kier molecular flexibility index (Phi) is 6.26. The molecule has 1 rings (SSSR count). The minimum Gasteiger partial charge on any atom is -0.328 e. The van der Waals surface area contributed by atoms with E-state index in [0.717, 1.165) is 12.0 Å². The summed E-state index contributed by atoms with van der Waals surface area (Å²) >= 11 is 0. The van der Waals surface area contributed by atoms with E-state index in [2.05, 4.69) is 19.2 Å². The van der Waals surface area contributed by atoms with Gasteiger partial charge in [-0.15, -0.1) is 0 Å². The van der Waals surface area contributed by atoms with Crippen molar-refractivity contribution < 1.29 is 0 Å². The summed E-state index contributed by atoms with van der Waals surface area (Å²) in [6.45, 7) is 5.80. The third-order valence-corrected chi connectivity index (χ3v) is 3.41. The predicted octanol–water partition coefficient (Wildman–Crippen LogP) is 2.67. The van der Waals surface area contributed by atoms with Crippen molar-refractivity contribution in [3.8, 4) is 0 Å². The zero-order chi connectivity index (χ0) is 11.1. The smallest absolute Gasteiger partial charge is 0.00682 e. The Bertz CT molecular complexity index is 149. The molecule has 0 aromatic rings. The zero-order valence-corrected chi connectivity index (χ0v) is 10.5. The molecule has 1 saturated carbocycles. The third kappa shape index (κ3) is 6.16. The second kappa shape index (κ2) is 7.24. The summed E-state index contributed by atoms with van der Waals surface area (Å²) < 4.78 is 0. The molecule has 0 amide bonds. The Morgan fingerprint density at radius 2 is 1.80 bits per heavy atom. The number of hydrogen-bond donors (Lipinski definition) is 2. The summed E-state index contributed by atoms with van der Waals surface area (Å²) in [5.74, 6) is 0.859. The van der Waals surface area contributed by atoms with E-state index in [1.165, 1.54) is 51.5 Å². The molecule has 0 radical (unpaired) electrons. The van der Waals surface area contributed by atoms with Crippen molar-refractivity contribution in [3.63, 3.8) is 0 Å². The number of unbranched alkanes of at least 4 members (excludes halogenated alkanes) is 1. The van der Waals surface area contributed by atoms with E-state index >= 15 is 0 Å². The molecule has 1 fully saturated rings. The molecule has 0 saturated heterocycles. The lowest BCUT2D eigenvalue weighted by atomic mass is 9.92. The summed E-state index contributed by atoms with van der Waals surface area (Å²) in [6.07, 6.45) is 9.07. The Balaban J connectivity index is 1.91. The highest BCUT2D eigenvalue weighted by Crippen LogP contribution is 2.16. The molecule has 0 spiro atoms. The first-order valence-corrected chi connectivity index (χ1v) is 6.67. The first-order valence-electron chi connectivity index (χ1n) is 6.67. The van der Waals surface area contributed by atoms with Crippen molar-refractivity contribution in [1.29, 1.82) is 0 Å². The van der Waals surface area contributed by atoms with Crippen molar-refractivity contribution in [2.24, 2.45) is 11.7 Å². The van der Waals surface area contributed by atoms with Crippen LogP contribution in [0, 0.1) is 5.92 Å². The molecule has 90 valence electrons. The van der Waals surface area contributed by atoms with Crippen LogP contribution in [-0.2, 0) is 0 Å². The molecule has 0 aliphatic heterocycles.